The van der Waals surface area contributed by atoms with Crippen LogP contribution in [0.15, 0.2) is 10.6 Å². The van der Waals surface area contributed by atoms with Gasteiger partial charge in [-0.2, -0.15) is 0 Å². The van der Waals surface area contributed by atoms with Crippen LogP contribution >= 0.6 is 11.6 Å². The van der Waals surface area contributed by atoms with Crippen LogP contribution in [0.2, 0.25) is 0 Å². The van der Waals surface area contributed by atoms with Gasteiger partial charge in [0.1, 0.15) is 5.03 Å². The van der Waals surface area contributed by atoms with Crippen LogP contribution in [0.1, 0.15) is 26.7 Å². The molecule has 0 heterocycles. The zero-order chi connectivity index (χ0) is 12.3. The van der Waals surface area contributed by atoms with E-state index in [-0.39, 0.29) is 0 Å². The molecule has 16 heavy (non-hydrogen) atoms. The van der Waals surface area contributed by atoms with Crippen molar-refractivity contribution in [1.82, 2.24) is 0 Å². The van der Waals surface area contributed by atoms with E-state index in [0.717, 1.165) is 12.8 Å². The highest BCUT2D eigenvalue weighted by atomic mass is 35.5. The van der Waals surface area contributed by atoms with Crippen LogP contribution in [0.5, 0.6) is 0 Å². The van der Waals surface area contributed by atoms with Gasteiger partial charge >= 0.3 is 5.97 Å². The Balaban J connectivity index is 2.99. The molecule has 0 N–H and O–H groups in total. The van der Waals surface area contributed by atoms with Gasteiger partial charge in [0.25, 0.3) is 0 Å². The van der Waals surface area contributed by atoms with Gasteiger partial charge in [-0.25, -0.2) is 0 Å². The van der Waals surface area contributed by atoms with Crippen molar-refractivity contribution in [3.8, 4) is 0 Å². The molecule has 3 nitrogen and oxygen atoms in total. The average Bonchev–Trinajstić information content (AvgIpc) is 3.04. The highest BCUT2D eigenvalue weighted by Gasteiger charge is 2.49. The zero-order valence-electron chi connectivity index (χ0n) is 10.7. The molecule has 1 fully saturated rings. The molecule has 1 aliphatic carbocycles. The van der Waals surface area contributed by atoms with Crippen LogP contribution < -0.4 is 0 Å². The molecule has 0 aliphatic heterocycles. The highest BCUT2D eigenvalue weighted by Crippen LogP contribution is 2.54. The lowest BCUT2D eigenvalue weighted by Gasteiger charge is -2.28. The summed E-state index contributed by atoms with van der Waals surface area (Å²) >= 11 is 6.35. The van der Waals surface area contributed by atoms with E-state index in [1.54, 1.807) is 0 Å². The lowest BCUT2D eigenvalue weighted by Crippen LogP contribution is -2.36. The lowest BCUT2D eigenvalue weighted by atomic mass is 10.2. The first-order valence-corrected chi connectivity index (χ1v) is 6.05. The van der Waals surface area contributed by atoms with Crippen molar-refractivity contribution in [2.24, 2.45) is 11.8 Å². The first-order chi connectivity index (χ1) is 7.61. The summed E-state index contributed by atoms with van der Waals surface area (Å²) in [5.74, 6) is -0.122. The van der Waals surface area contributed by atoms with Gasteiger partial charge in [0.05, 0.1) is 0 Å². The fourth-order valence-electron chi connectivity index (χ4n) is 2.41. The molecule has 0 aromatic heterocycles. The Labute approximate surface area is 103 Å². The molecule has 2 unspecified atom stereocenters. The van der Waals surface area contributed by atoms with Crippen LogP contribution in [0.3, 0.4) is 0 Å². The van der Waals surface area contributed by atoms with Crippen LogP contribution in [0, 0.1) is 11.8 Å². The van der Waals surface area contributed by atoms with Crippen molar-refractivity contribution in [2.75, 3.05) is 21.3 Å². The first-order valence-electron chi connectivity index (χ1n) is 5.67. The van der Waals surface area contributed by atoms with Crippen molar-refractivity contribution in [1.29, 1.82) is 0 Å². The summed E-state index contributed by atoms with van der Waals surface area (Å²) in [5.41, 5.74) is 1.22. The minimum Gasteiger partial charge on any atom is -0.326 e. The third-order valence-electron chi connectivity index (χ3n) is 3.38. The van der Waals surface area contributed by atoms with Crippen molar-refractivity contribution in [3.05, 3.63) is 10.6 Å². The molecule has 94 valence electrons. The quantitative estimate of drug-likeness (QED) is 0.676. The number of allylic oxidation sites excluding steroid dienone is 1. The standard InChI is InChI=1S/C12H21ClO3/c1-6-8-9(7-2)10(8)11(13)12(14-3,15-4)16-5/h8-9H,6-7H2,1-5H3. The fourth-order valence-corrected chi connectivity index (χ4v) is 2.92. The summed E-state index contributed by atoms with van der Waals surface area (Å²) in [4.78, 5) is 0. The van der Waals surface area contributed by atoms with Gasteiger partial charge in [-0.05, 0) is 30.3 Å². The van der Waals surface area contributed by atoms with E-state index in [0.29, 0.717) is 16.9 Å². The zero-order valence-corrected chi connectivity index (χ0v) is 11.4. The number of hydrogen-bond donors (Lipinski definition) is 0. The third-order valence-corrected chi connectivity index (χ3v) is 3.83. The molecule has 2 atom stereocenters. The fraction of sp³-hybridized carbons (Fsp3) is 0.833. The van der Waals surface area contributed by atoms with E-state index < -0.39 is 5.97 Å². The smallest absolute Gasteiger partial charge is 0.322 e. The van der Waals surface area contributed by atoms with Gasteiger partial charge in [-0.1, -0.05) is 25.4 Å². The number of ether oxygens (including phenoxy) is 3. The van der Waals surface area contributed by atoms with Gasteiger partial charge in [0, 0.05) is 21.3 Å². The maximum absolute atomic E-state index is 6.35. The number of rotatable bonds is 6. The molecular formula is C12H21ClO3. The summed E-state index contributed by atoms with van der Waals surface area (Å²) in [7, 11) is 4.58. The van der Waals surface area contributed by atoms with E-state index in [9.17, 15) is 0 Å². The third kappa shape index (κ3) is 2.14. The maximum Gasteiger partial charge on any atom is 0.322 e. The number of halogens is 1. The molecule has 1 rings (SSSR count). The summed E-state index contributed by atoms with van der Waals surface area (Å²) in [6, 6.07) is 0. The monoisotopic (exact) mass is 248 g/mol. The highest BCUT2D eigenvalue weighted by molar-refractivity contribution is 6.31. The van der Waals surface area contributed by atoms with Crippen LogP contribution in [0.25, 0.3) is 0 Å². The minimum absolute atomic E-state index is 0.553. The predicted molar refractivity (Wildman–Crippen MR) is 64.2 cm³/mol. The normalized spacial score (nSPS) is 24.8. The molecule has 0 spiro atoms. The summed E-state index contributed by atoms with van der Waals surface area (Å²) < 4.78 is 15.8. The number of hydrogen-bond acceptors (Lipinski definition) is 3. The van der Waals surface area contributed by atoms with Gasteiger partial charge in [-0.15, -0.1) is 0 Å². The molecule has 1 saturated carbocycles. The van der Waals surface area contributed by atoms with E-state index >= 15 is 0 Å². The van der Waals surface area contributed by atoms with Crippen molar-refractivity contribution in [3.63, 3.8) is 0 Å². The molecule has 0 aromatic rings. The van der Waals surface area contributed by atoms with Gasteiger partial charge in [0.15, 0.2) is 0 Å². The van der Waals surface area contributed by atoms with Gasteiger partial charge in [0.2, 0.25) is 0 Å². The molecule has 0 amide bonds. The average molecular weight is 249 g/mol. The topological polar surface area (TPSA) is 27.7 Å². The second-order valence-corrected chi connectivity index (χ2v) is 4.35. The molecule has 1 aliphatic rings. The summed E-state index contributed by atoms with van der Waals surface area (Å²) in [5, 5.41) is 0.554. The van der Waals surface area contributed by atoms with Gasteiger partial charge < -0.3 is 14.2 Å². The molecule has 4 heteroatoms. The van der Waals surface area contributed by atoms with E-state index in [4.69, 9.17) is 25.8 Å². The Bertz CT molecular complexity index is 251. The second kappa shape index (κ2) is 5.50. The first kappa shape index (κ1) is 14.0. The summed E-state index contributed by atoms with van der Waals surface area (Å²) in [6.45, 7) is 4.33. The Morgan fingerprint density at radius 2 is 1.44 bits per heavy atom. The van der Waals surface area contributed by atoms with Gasteiger partial charge in [-0.3, -0.25) is 0 Å². The Morgan fingerprint density at radius 3 is 1.69 bits per heavy atom. The molecular weight excluding hydrogens is 228 g/mol. The molecule has 0 saturated heterocycles. The molecule has 0 aromatic carbocycles. The van der Waals surface area contributed by atoms with E-state index in [2.05, 4.69) is 13.8 Å². The van der Waals surface area contributed by atoms with E-state index in [1.165, 1.54) is 26.9 Å². The largest absolute Gasteiger partial charge is 0.326 e. The Kier molecular flexibility index (Phi) is 4.80. The molecule has 0 bridgehead atoms. The molecule has 0 radical (unpaired) electrons. The maximum atomic E-state index is 6.35. The minimum atomic E-state index is -1.23. The Hall–Kier alpha value is -0.0900. The van der Waals surface area contributed by atoms with Crippen molar-refractivity contribution >= 4 is 11.6 Å². The van der Waals surface area contributed by atoms with Crippen LogP contribution in [-0.4, -0.2) is 27.3 Å². The second-order valence-electron chi connectivity index (χ2n) is 3.97. The lowest BCUT2D eigenvalue weighted by molar-refractivity contribution is -0.322. The van der Waals surface area contributed by atoms with Crippen LogP contribution in [0.4, 0.5) is 0 Å². The number of methoxy groups -OCH3 is 3. The predicted octanol–water partition coefficient (Wildman–Crippen LogP) is 3.14. The van der Waals surface area contributed by atoms with E-state index in [1.807, 2.05) is 0 Å². The Morgan fingerprint density at radius 1 is 1.06 bits per heavy atom. The van der Waals surface area contributed by atoms with Crippen molar-refractivity contribution < 1.29 is 14.2 Å². The van der Waals surface area contributed by atoms with Crippen molar-refractivity contribution in [2.45, 2.75) is 32.7 Å². The van der Waals surface area contributed by atoms with Crippen LogP contribution in [-0.2, 0) is 14.2 Å². The SMILES string of the molecule is CCC1C(=C(Cl)C(OC)(OC)OC)C1CC. The summed E-state index contributed by atoms with van der Waals surface area (Å²) in [6.07, 6.45) is 2.19.